The van der Waals surface area contributed by atoms with Crippen LogP contribution >= 0.6 is 11.3 Å². The van der Waals surface area contributed by atoms with E-state index in [-0.39, 0.29) is 18.6 Å². The van der Waals surface area contributed by atoms with Crippen LogP contribution in [0.2, 0.25) is 0 Å². The summed E-state index contributed by atoms with van der Waals surface area (Å²) in [5, 5.41) is 12.3. The van der Waals surface area contributed by atoms with Gasteiger partial charge in [0.1, 0.15) is 0 Å². The predicted molar refractivity (Wildman–Crippen MR) is 82.3 cm³/mol. The van der Waals surface area contributed by atoms with E-state index in [4.69, 9.17) is 0 Å². The predicted octanol–water partition coefficient (Wildman–Crippen LogP) is 2.70. The number of benzene rings is 1. The summed E-state index contributed by atoms with van der Waals surface area (Å²) in [7, 11) is 0. The quantitative estimate of drug-likeness (QED) is 0.889. The lowest BCUT2D eigenvalue weighted by atomic mass is 10.1. The van der Waals surface area contributed by atoms with Crippen molar-refractivity contribution in [2.75, 3.05) is 6.61 Å². The number of amides is 1. The van der Waals surface area contributed by atoms with Crippen LogP contribution in [0.3, 0.4) is 0 Å². The molecule has 20 heavy (non-hydrogen) atoms. The van der Waals surface area contributed by atoms with Crippen LogP contribution in [0.4, 0.5) is 0 Å². The van der Waals surface area contributed by atoms with Crippen LogP contribution in [-0.2, 0) is 6.42 Å². The average molecular weight is 289 g/mol. The molecule has 0 fully saturated rings. The summed E-state index contributed by atoms with van der Waals surface area (Å²) in [6.45, 7) is 3.93. The van der Waals surface area contributed by atoms with Crippen molar-refractivity contribution in [3.63, 3.8) is 0 Å². The summed E-state index contributed by atoms with van der Waals surface area (Å²) in [6, 6.07) is 11.5. The molecule has 1 heterocycles. The molecule has 1 atom stereocenters. The average Bonchev–Trinajstić information content (AvgIpc) is 2.79. The van der Waals surface area contributed by atoms with Crippen molar-refractivity contribution in [3.05, 3.63) is 57.3 Å². The first-order valence-corrected chi connectivity index (χ1v) is 7.44. The number of carbonyl (C=O) groups is 1. The molecule has 0 saturated heterocycles. The topological polar surface area (TPSA) is 49.3 Å². The molecule has 2 N–H and O–H groups in total. The largest absolute Gasteiger partial charge is 0.394 e. The lowest BCUT2D eigenvalue weighted by Gasteiger charge is -2.15. The molecule has 0 radical (unpaired) electrons. The zero-order chi connectivity index (χ0) is 14.5. The Bertz CT molecular complexity index is 558. The van der Waals surface area contributed by atoms with Crippen LogP contribution in [0.5, 0.6) is 0 Å². The molecule has 0 saturated carbocycles. The highest BCUT2D eigenvalue weighted by molar-refractivity contribution is 7.14. The van der Waals surface area contributed by atoms with Gasteiger partial charge in [-0.15, -0.1) is 11.3 Å². The number of carbonyl (C=O) groups excluding carboxylic acids is 1. The molecule has 1 amide bonds. The van der Waals surface area contributed by atoms with Crippen molar-refractivity contribution in [2.24, 2.45) is 0 Å². The molecule has 4 heteroatoms. The Labute approximate surface area is 123 Å². The Morgan fingerprint density at radius 1 is 1.30 bits per heavy atom. The second-order valence-electron chi connectivity index (χ2n) is 4.89. The van der Waals surface area contributed by atoms with Crippen molar-refractivity contribution in [1.29, 1.82) is 0 Å². The zero-order valence-corrected chi connectivity index (χ0v) is 12.5. The number of thiophene rings is 1. The summed E-state index contributed by atoms with van der Waals surface area (Å²) >= 11 is 1.49. The van der Waals surface area contributed by atoms with E-state index in [1.807, 2.05) is 50.2 Å². The van der Waals surface area contributed by atoms with Gasteiger partial charge in [-0.3, -0.25) is 4.79 Å². The second kappa shape index (κ2) is 6.68. The highest BCUT2D eigenvalue weighted by Gasteiger charge is 2.15. The third-order valence-corrected chi connectivity index (χ3v) is 4.42. The summed E-state index contributed by atoms with van der Waals surface area (Å²) in [6.07, 6.45) is 0.631. The van der Waals surface area contributed by atoms with E-state index >= 15 is 0 Å². The first kappa shape index (κ1) is 14.8. The van der Waals surface area contributed by atoms with Crippen LogP contribution in [0, 0.1) is 13.8 Å². The van der Waals surface area contributed by atoms with Crippen molar-refractivity contribution in [2.45, 2.75) is 26.3 Å². The van der Waals surface area contributed by atoms with Crippen LogP contribution in [0.1, 0.15) is 25.7 Å². The fourth-order valence-corrected chi connectivity index (χ4v) is 2.94. The van der Waals surface area contributed by atoms with Crippen molar-refractivity contribution in [3.8, 4) is 0 Å². The van der Waals surface area contributed by atoms with Gasteiger partial charge in [0.05, 0.1) is 17.5 Å². The number of nitrogens with one attached hydrogen (secondary N) is 1. The molecule has 0 unspecified atom stereocenters. The molecular formula is C16H19NO2S. The molecule has 2 rings (SSSR count). The highest BCUT2D eigenvalue weighted by Crippen LogP contribution is 2.20. The summed E-state index contributed by atoms with van der Waals surface area (Å²) in [5.74, 6) is -0.110. The third-order valence-electron chi connectivity index (χ3n) is 3.27. The van der Waals surface area contributed by atoms with E-state index in [2.05, 4.69) is 5.32 Å². The molecule has 2 aromatic rings. The minimum Gasteiger partial charge on any atom is -0.394 e. The lowest BCUT2D eigenvalue weighted by molar-refractivity contribution is 0.0920. The molecular weight excluding hydrogens is 270 g/mol. The van der Waals surface area contributed by atoms with Gasteiger partial charge in [0, 0.05) is 4.88 Å². The first-order valence-electron chi connectivity index (χ1n) is 6.63. The summed E-state index contributed by atoms with van der Waals surface area (Å²) < 4.78 is 0. The van der Waals surface area contributed by atoms with Crippen molar-refractivity contribution in [1.82, 2.24) is 5.32 Å². The van der Waals surface area contributed by atoms with E-state index in [1.165, 1.54) is 11.3 Å². The zero-order valence-electron chi connectivity index (χ0n) is 11.7. The Hall–Kier alpha value is -1.65. The maximum absolute atomic E-state index is 12.2. The van der Waals surface area contributed by atoms with Gasteiger partial charge in [0.2, 0.25) is 0 Å². The molecule has 1 aromatic carbocycles. The standard InChI is InChI=1S/C16H19NO2S/c1-11-8-15(20-12(11)2)16(19)17-14(10-18)9-13-6-4-3-5-7-13/h3-8,14,18H,9-10H2,1-2H3,(H,17,19)/t14-/m0/s1. The normalized spacial score (nSPS) is 12.2. The molecule has 0 aliphatic heterocycles. The Kier molecular flexibility index (Phi) is 4.93. The summed E-state index contributed by atoms with van der Waals surface area (Å²) in [4.78, 5) is 14.0. The van der Waals surface area contributed by atoms with E-state index in [9.17, 15) is 9.90 Å². The summed E-state index contributed by atoms with van der Waals surface area (Å²) in [5.41, 5.74) is 2.23. The first-order chi connectivity index (χ1) is 9.60. The van der Waals surface area contributed by atoms with Gasteiger partial charge in [0.15, 0.2) is 0 Å². The molecule has 106 valence electrons. The van der Waals surface area contributed by atoms with E-state index in [1.54, 1.807) is 0 Å². The number of aliphatic hydroxyl groups excluding tert-OH is 1. The highest BCUT2D eigenvalue weighted by atomic mass is 32.1. The number of rotatable bonds is 5. The molecule has 0 aliphatic rings. The Morgan fingerprint density at radius 2 is 2.00 bits per heavy atom. The van der Waals surface area contributed by atoms with Crippen LogP contribution in [-0.4, -0.2) is 23.7 Å². The fourth-order valence-electron chi connectivity index (χ4n) is 2.00. The van der Waals surface area contributed by atoms with Gasteiger partial charge < -0.3 is 10.4 Å². The van der Waals surface area contributed by atoms with Crippen LogP contribution in [0.15, 0.2) is 36.4 Å². The van der Waals surface area contributed by atoms with E-state index in [0.29, 0.717) is 11.3 Å². The SMILES string of the molecule is Cc1cc(C(=O)N[C@H](CO)Cc2ccccc2)sc1C. The number of hydrogen-bond donors (Lipinski definition) is 2. The second-order valence-corrected chi connectivity index (χ2v) is 6.15. The van der Waals surface area contributed by atoms with Gasteiger partial charge in [-0.25, -0.2) is 0 Å². The van der Waals surface area contributed by atoms with Gasteiger partial charge >= 0.3 is 0 Å². The maximum atomic E-state index is 12.2. The fraction of sp³-hybridized carbons (Fsp3) is 0.312. The number of hydrogen-bond acceptors (Lipinski definition) is 3. The molecule has 3 nitrogen and oxygen atoms in total. The minimum absolute atomic E-state index is 0.0655. The van der Waals surface area contributed by atoms with Crippen LogP contribution in [0.25, 0.3) is 0 Å². The molecule has 0 bridgehead atoms. The van der Waals surface area contributed by atoms with Gasteiger partial charge in [-0.05, 0) is 37.5 Å². The smallest absolute Gasteiger partial charge is 0.261 e. The minimum atomic E-state index is -0.257. The van der Waals surface area contributed by atoms with E-state index < -0.39 is 0 Å². The van der Waals surface area contributed by atoms with Gasteiger partial charge in [-0.1, -0.05) is 30.3 Å². The third kappa shape index (κ3) is 3.68. The van der Waals surface area contributed by atoms with Gasteiger partial charge in [-0.2, -0.15) is 0 Å². The lowest BCUT2D eigenvalue weighted by Crippen LogP contribution is -2.38. The van der Waals surface area contributed by atoms with Gasteiger partial charge in [0.25, 0.3) is 5.91 Å². The van der Waals surface area contributed by atoms with Crippen molar-refractivity contribution < 1.29 is 9.90 Å². The molecule has 1 aromatic heterocycles. The van der Waals surface area contributed by atoms with E-state index in [0.717, 1.165) is 16.0 Å². The monoisotopic (exact) mass is 289 g/mol. The van der Waals surface area contributed by atoms with Crippen molar-refractivity contribution >= 4 is 17.2 Å². The molecule has 0 spiro atoms. The van der Waals surface area contributed by atoms with Crippen LogP contribution < -0.4 is 5.32 Å². The Morgan fingerprint density at radius 3 is 2.55 bits per heavy atom. The maximum Gasteiger partial charge on any atom is 0.261 e. The molecule has 0 aliphatic carbocycles. The number of aryl methyl sites for hydroxylation is 2. The Balaban J connectivity index is 2.01. The number of aliphatic hydroxyl groups is 1.